The molecule has 17 heavy (non-hydrogen) atoms. The third kappa shape index (κ3) is 4.77. The first-order valence-electron chi connectivity index (χ1n) is 4.98. The molecular formula is C12H12F3NO. The molecule has 1 rings (SSSR count). The zero-order valence-corrected chi connectivity index (χ0v) is 9.51. The van der Waals surface area contributed by atoms with Crippen molar-refractivity contribution < 1.29 is 17.9 Å². The molecule has 0 spiro atoms. The lowest BCUT2D eigenvalue weighted by molar-refractivity contribution is -0.274. The monoisotopic (exact) mass is 243 g/mol. The summed E-state index contributed by atoms with van der Waals surface area (Å²) in [6.07, 6.45) is -4.19. The first-order chi connectivity index (χ1) is 7.72. The largest absolute Gasteiger partial charge is 0.573 e. The molecule has 0 aliphatic heterocycles. The molecule has 1 aromatic rings. The summed E-state index contributed by atoms with van der Waals surface area (Å²) >= 11 is 0. The second kappa shape index (κ2) is 4.66. The fraction of sp³-hybridized carbons (Fsp3) is 0.417. The van der Waals surface area contributed by atoms with E-state index in [1.54, 1.807) is 13.8 Å². The fourth-order valence-electron chi connectivity index (χ4n) is 1.36. The molecule has 0 unspecified atom stereocenters. The summed E-state index contributed by atoms with van der Waals surface area (Å²) < 4.78 is 39.5. The number of hydrogen-bond donors (Lipinski definition) is 0. The van der Waals surface area contributed by atoms with Crippen LogP contribution in [0.25, 0.3) is 0 Å². The summed E-state index contributed by atoms with van der Waals surface area (Å²) in [6.45, 7) is 3.54. The van der Waals surface area contributed by atoms with Crippen LogP contribution < -0.4 is 4.74 Å². The number of benzene rings is 1. The fourth-order valence-corrected chi connectivity index (χ4v) is 1.36. The Morgan fingerprint density at radius 1 is 1.18 bits per heavy atom. The average molecular weight is 243 g/mol. The van der Waals surface area contributed by atoms with Gasteiger partial charge >= 0.3 is 6.36 Å². The Balaban J connectivity index is 2.73. The van der Waals surface area contributed by atoms with Gasteiger partial charge in [0.1, 0.15) is 5.75 Å². The van der Waals surface area contributed by atoms with E-state index in [4.69, 9.17) is 5.26 Å². The predicted octanol–water partition coefficient (Wildman–Crippen LogP) is 3.68. The van der Waals surface area contributed by atoms with Crippen molar-refractivity contribution >= 4 is 0 Å². The Bertz CT molecular complexity index is 415. The molecule has 0 radical (unpaired) electrons. The zero-order valence-electron chi connectivity index (χ0n) is 9.51. The van der Waals surface area contributed by atoms with Crippen molar-refractivity contribution in [2.24, 2.45) is 5.41 Å². The Morgan fingerprint density at radius 2 is 1.71 bits per heavy atom. The van der Waals surface area contributed by atoms with Crippen LogP contribution in [0.4, 0.5) is 13.2 Å². The van der Waals surface area contributed by atoms with Crippen LogP contribution in [0.2, 0.25) is 0 Å². The molecule has 0 aromatic heterocycles. The topological polar surface area (TPSA) is 33.0 Å². The highest BCUT2D eigenvalue weighted by Gasteiger charge is 2.31. The van der Waals surface area contributed by atoms with Gasteiger partial charge in [0.25, 0.3) is 0 Å². The highest BCUT2D eigenvalue weighted by molar-refractivity contribution is 5.28. The van der Waals surface area contributed by atoms with Crippen LogP contribution >= 0.6 is 0 Å². The van der Waals surface area contributed by atoms with Crippen molar-refractivity contribution in [3.05, 3.63) is 29.8 Å². The third-order valence-electron chi connectivity index (χ3n) is 2.11. The maximum atomic E-state index is 11.9. The number of halogens is 3. The van der Waals surface area contributed by atoms with E-state index in [2.05, 4.69) is 10.8 Å². The van der Waals surface area contributed by atoms with E-state index in [9.17, 15) is 13.2 Å². The molecule has 0 N–H and O–H groups in total. The molecule has 0 fully saturated rings. The smallest absolute Gasteiger partial charge is 0.406 e. The van der Waals surface area contributed by atoms with Crippen molar-refractivity contribution in [2.75, 3.05) is 0 Å². The van der Waals surface area contributed by atoms with E-state index in [0.717, 1.165) is 5.56 Å². The SMILES string of the molecule is CC(C)(C#N)Cc1ccc(OC(F)(F)F)cc1. The lowest BCUT2D eigenvalue weighted by Crippen LogP contribution is -2.17. The van der Waals surface area contributed by atoms with Crippen LogP contribution in [0.1, 0.15) is 19.4 Å². The van der Waals surface area contributed by atoms with Crippen LogP contribution in [0.5, 0.6) is 5.75 Å². The van der Waals surface area contributed by atoms with Gasteiger partial charge in [-0.05, 0) is 38.0 Å². The van der Waals surface area contributed by atoms with Gasteiger partial charge in [0.2, 0.25) is 0 Å². The van der Waals surface area contributed by atoms with Crippen LogP contribution in [-0.4, -0.2) is 6.36 Å². The summed E-state index contributed by atoms with van der Waals surface area (Å²) in [7, 11) is 0. The maximum absolute atomic E-state index is 11.9. The van der Waals surface area contributed by atoms with Crippen molar-refractivity contribution in [1.82, 2.24) is 0 Å². The van der Waals surface area contributed by atoms with E-state index in [1.165, 1.54) is 24.3 Å². The highest BCUT2D eigenvalue weighted by Crippen LogP contribution is 2.25. The van der Waals surface area contributed by atoms with Crippen molar-refractivity contribution in [2.45, 2.75) is 26.6 Å². The van der Waals surface area contributed by atoms with Gasteiger partial charge in [-0.2, -0.15) is 5.26 Å². The summed E-state index contributed by atoms with van der Waals surface area (Å²) in [5.41, 5.74) is 0.262. The van der Waals surface area contributed by atoms with Gasteiger partial charge < -0.3 is 4.74 Å². The summed E-state index contributed by atoms with van der Waals surface area (Å²) in [6, 6.07) is 7.68. The third-order valence-corrected chi connectivity index (χ3v) is 2.11. The van der Waals surface area contributed by atoms with Gasteiger partial charge in [0.15, 0.2) is 0 Å². The molecule has 1 aromatic carbocycles. The summed E-state index contributed by atoms with van der Waals surface area (Å²) in [4.78, 5) is 0. The first-order valence-corrected chi connectivity index (χ1v) is 4.98. The number of nitriles is 1. The minimum Gasteiger partial charge on any atom is -0.406 e. The summed E-state index contributed by atoms with van der Waals surface area (Å²) in [5, 5.41) is 8.84. The molecule has 2 nitrogen and oxygen atoms in total. The van der Waals surface area contributed by atoms with Crippen molar-refractivity contribution in [1.29, 1.82) is 5.26 Å². The summed E-state index contributed by atoms with van der Waals surface area (Å²) in [5.74, 6) is -0.254. The number of nitrogens with zero attached hydrogens (tertiary/aromatic N) is 1. The van der Waals surface area contributed by atoms with Crippen molar-refractivity contribution in [3.8, 4) is 11.8 Å². The molecule has 0 bridgehead atoms. The normalized spacial score (nSPS) is 12.0. The van der Waals surface area contributed by atoms with E-state index in [0.29, 0.717) is 6.42 Å². The Morgan fingerprint density at radius 3 is 2.12 bits per heavy atom. The number of hydrogen-bond acceptors (Lipinski definition) is 2. The van der Waals surface area contributed by atoms with Gasteiger partial charge in [-0.15, -0.1) is 13.2 Å². The van der Waals surface area contributed by atoms with Gasteiger partial charge in [0, 0.05) is 0 Å². The van der Waals surface area contributed by atoms with Gasteiger partial charge in [-0.1, -0.05) is 12.1 Å². The minimum absolute atomic E-state index is 0.254. The van der Waals surface area contributed by atoms with E-state index in [-0.39, 0.29) is 5.75 Å². The van der Waals surface area contributed by atoms with E-state index in [1.807, 2.05) is 0 Å². The van der Waals surface area contributed by atoms with Gasteiger partial charge in [0.05, 0.1) is 11.5 Å². The van der Waals surface area contributed by atoms with Crippen LogP contribution in [0, 0.1) is 16.7 Å². The van der Waals surface area contributed by atoms with E-state index < -0.39 is 11.8 Å². The Hall–Kier alpha value is -1.70. The molecular weight excluding hydrogens is 231 g/mol. The molecule has 0 heterocycles. The lowest BCUT2D eigenvalue weighted by atomic mass is 9.87. The second-order valence-electron chi connectivity index (χ2n) is 4.36. The second-order valence-corrected chi connectivity index (χ2v) is 4.36. The van der Waals surface area contributed by atoms with Crippen LogP contribution in [-0.2, 0) is 6.42 Å². The highest BCUT2D eigenvalue weighted by atomic mass is 19.4. The van der Waals surface area contributed by atoms with Gasteiger partial charge in [-0.3, -0.25) is 0 Å². The molecule has 5 heteroatoms. The Labute approximate surface area is 97.6 Å². The maximum Gasteiger partial charge on any atom is 0.573 e. The van der Waals surface area contributed by atoms with Crippen LogP contribution in [0.3, 0.4) is 0 Å². The Kier molecular flexibility index (Phi) is 3.66. The standard InChI is InChI=1S/C12H12F3NO/c1-11(2,8-16)7-9-3-5-10(6-4-9)17-12(13,14)15/h3-6H,7H2,1-2H3. The van der Waals surface area contributed by atoms with Crippen LogP contribution in [0.15, 0.2) is 24.3 Å². The minimum atomic E-state index is -4.67. The molecule has 0 atom stereocenters. The number of rotatable bonds is 3. The quantitative estimate of drug-likeness (QED) is 0.811. The molecule has 0 amide bonds. The van der Waals surface area contributed by atoms with Gasteiger partial charge in [-0.25, -0.2) is 0 Å². The predicted molar refractivity (Wildman–Crippen MR) is 56.2 cm³/mol. The molecule has 0 saturated carbocycles. The molecule has 0 aliphatic rings. The zero-order chi connectivity index (χ0) is 13.1. The average Bonchev–Trinajstić information content (AvgIpc) is 2.19. The molecule has 0 saturated heterocycles. The van der Waals surface area contributed by atoms with Crippen molar-refractivity contribution in [3.63, 3.8) is 0 Å². The number of alkyl halides is 3. The molecule has 92 valence electrons. The molecule has 0 aliphatic carbocycles. The first kappa shape index (κ1) is 13.4. The van der Waals surface area contributed by atoms with E-state index >= 15 is 0 Å². The lowest BCUT2D eigenvalue weighted by Gasteiger charge is -2.15. The number of ether oxygens (including phenoxy) is 1.